The van der Waals surface area contributed by atoms with E-state index >= 15 is 0 Å². The summed E-state index contributed by atoms with van der Waals surface area (Å²) < 4.78 is 17.3. The number of nitrogens with zero attached hydrogens (tertiary/aromatic N) is 2. The van der Waals surface area contributed by atoms with Gasteiger partial charge >= 0.3 is 5.91 Å². The lowest BCUT2D eigenvalue weighted by atomic mass is 10.1. The Hall–Kier alpha value is -3.92. The molecule has 0 bridgehead atoms. The zero-order valence-corrected chi connectivity index (χ0v) is 19.0. The third-order valence-electron chi connectivity index (χ3n) is 5.35. The summed E-state index contributed by atoms with van der Waals surface area (Å²) >= 11 is 0. The Balaban J connectivity index is 1.52. The standard InChI is InChI=1S/C24H27N5O5/c1-26-7-5-22(25)28-23(30)16-11-19(13-20(12-16)34-18-6-10-32-15-18)33-17-3-4-21(27-14-17)24(31)29-8-2-9-29/h3-5,7,11-14,18,26H,2,6,8-10,15H2,1H3,(H2,25,28,30)/p+1/b7-5-/t18-/m1/s1. The number of hydrogen-bond donors (Lipinski definition) is 3. The van der Waals surface area contributed by atoms with Crippen molar-refractivity contribution in [2.24, 2.45) is 0 Å². The molecule has 10 heteroatoms. The van der Waals surface area contributed by atoms with E-state index in [0.717, 1.165) is 25.9 Å². The first-order valence-corrected chi connectivity index (χ1v) is 11.1. The van der Waals surface area contributed by atoms with Crippen molar-refractivity contribution in [1.82, 2.24) is 20.5 Å². The van der Waals surface area contributed by atoms with Crippen LogP contribution < -0.4 is 25.5 Å². The number of carbonyl (C=O) groups is 2. The SMILES string of the molecule is CN/C=C\C(=[NH2+])NC(=O)c1cc(Oc2ccc(C(=O)N3CCC3)nc2)cc(O[C@@H]2CCOC2)c1. The van der Waals surface area contributed by atoms with Crippen molar-refractivity contribution < 1.29 is 29.2 Å². The molecule has 0 saturated carbocycles. The average Bonchev–Trinajstić information content (AvgIpc) is 3.30. The second-order valence-corrected chi connectivity index (χ2v) is 7.95. The molecule has 2 aromatic rings. The number of ether oxygens (including phenoxy) is 3. The molecule has 178 valence electrons. The van der Waals surface area contributed by atoms with Crippen LogP contribution >= 0.6 is 0 Å². The van der Waals surface area contributed by atoms with Gasteiger partial charge in [0.25, 0.3) is 11.7 Å². The van der Waals surface area contributed by atoms with Gasteiger partial charge in [-0.3, -0.25) is 10.2 Å². The van der Waals surface area contributed by atoms with Crippen LogP contribution in [-0.2, 0) is 4.74 Å². The Morgan fingerprint density at radius 1 is 1.21 bits per heavy atom. The highest BCUT2D eigenvalue weighted by atomic mass is 16.5. The molecule has 1 atom stereocenters. The van der Waals surface area contributed by atoms with E-state index in [9.17, 15) is 9.59 Å². The van der Waals surface area contributed by atoms with Gasteiger partial charge in [0.05, 0.1) is 25.0 Å². The number of amides is 2. The van der Waals surface area contributed by atoms with Crippen LogP contribution in [0.25, 0.3) is 0 Å². The molecule has 34 heavy (non-hydrogen) atoms. The molecule has 0 radical (unpaired) electrons. The van der Waals surface area contributed by atoms with Crippen molar-refractivity contribution in [1.29, 1.82) is 0 Å². The zero-order valence-electron chi connectivity index (χ0n) is 19.0. The first-order valence-electron chi connectivity index (χ1n) is 11.1. The summed E-state index contributed by atoms with van der Waals surface area (Å²) in [4.78, 5) is 31.1. The Labute approximate surface area is 197 Å². The van der Waals surface area contributed by atoms with Crippen molar-refractivity contribution >= 4 is 17.6 Å². The van der Waals surface area contributed by atoms with Crippen LogP contribution in [0.15, 0.2) is 48.8 Å². The van der Waals surface area contributed by atoms with Gasteiger partial charge in [-0.05, 0) is 30.7 Å². The molecule has 1 aromatic heterocycles. The van der Waals surface area contributed by atoms with E-state index in [2.05, 4.69) is 15.6 Å². The van der Waals surface area contributed by atoms with Crippen molar-refractivity contribution in [2.75, 3.05) is 33.4 Å². The van der Waals surface area contributed by atoms with Gasteiger partial charge in [-0.25, -0.2) is 15.1 Å². The molecule has 1 aromatic carbocycles. The zero-order chi connectivity index (χ0) is 23.9. The summed E-state index contributed by atoms with van der Waals surface area (Å²) in [7, 11) is 1.73. The number of aromatic nitrogens is 1. The molecule has 2 fully saturated rings. The van der Waals surface area contributed by atoms with Crippen molar-refractivity contribution in [2.45, 2.75) is 18.9 Å². The van der Waals surface area contributed by atoms with E-state index < -0.39 is 5.91 Å². The van der Waals surface area contributed by atoms with Crippen LogP contribution in [0.1, 0.15) is 33.7 Å². The van der Waals surface area contributed by atoms with Gasteiger partial charge in [-0.15, -0.1) is 0 Å². The molecule has 2 aliphatic rings. The topological polar surface area (TPSA) is 128 Å². The molecule has 4 N–H and O–H groups in total. The monoisotopic (exact) mass is 466 g/mol. The van der Waals surface area contributed by atoms with E-state index in [1.165, 1.54) is 6.20 Å². The molecule has 3 heterocycles. The minimum absolute atomic E-state index is 0.0906. The first-order chi connectivity index (χ1) is 16.5. The fourth-order valence-electron chi connectivity index (χ4n) is 3.43. The second kappa shape index (κ2) is 10.8. The maximum Gasteiger partial charge on any atom is 0.339 e. The maximum atomic E-state index is 12.8. The van der Waals surface area contributed by atoms with Crippen molar-refractivity contribution in [3.05, 3.63) is 60.1 Å². The molecule has 0 aliphatic carbocycles. The van der Waals surface area contributed by atoms with Gasteiger partial charge in [0.1, 0.15) is 29.0 Å². The lowest BCUT2D eigenvalue weighted by molar-refractivity contribution is -0.115. The maximum absolute atomic E-state index is 12.8. The van der Waals surface area contributed by atoms with Crippen LogP contribution in [0.3, 0.4) is 0 Å². The number of hydrogen-bond acceptors (Lipinski definition) is 7. The van der Waals surface area contributed by atoms with E-state index in [1.807, 2.05) is 0 Å². The van der Waals surface area contributed by atoms with Gasteiger partial charge in [-0.2, -0.15) is 0 Å². The molecule has 2 saturated heterocycles. The predicted molar refractivity (Wildman–Crippen MR) is 124 cm³/mol. The Bertz CT molecular complexity index is 1080. The van der Waals surface area contributed by atoms with Gasteiger partial charge < -0.3 is 24.4 Å². The lowest BCUT2D eigenvalue weighted by Gasteiger charge is -2.30. The van der Waals surface area contributed by atoms with E-state index in [-0.39, 0.29) is 17.8 Å². The minimum atomic E-state index is -0.412. The number of pyridine rings is 1. The molecular weight excluding hydrogens is 438 g/mol. The Morgan fingerprint density at radius 2 is 2.03 bits per heavy atom. The normalized spacial score (nSPS) is 17.2. The van der Waals surface area contributed by atoms with Crippen LogP contribution in [0.2, 0.25) is 0 Å². The summed E-state index contributed by atoms with van der Waals surface area (Å²) in [5, 5.41) is 11.3. The summed E-state index contributed by atoms with van der Waals surface area (Å²) in [5.41, 5.74) is 0.677. The van der Waals surface area contributed by atoms with E-state index in [0.29, 0.717) is 41.7 Å². The fraction of sp³-hybridized carbons (Fsp3) is 0.333. The number of nitrogens with two attached hydrogens (primary N) is 1. The highest BCUT2D eigenvalue weighted by molar-refractivity contribution is 6.08. The summed E-state index contributed by atoms with van der Waals surface area (Å²) in [6.45, 7) is 2.63. The van der Waals surface area contributed by atoms with E-state index in [1.54, 1.807) is 54.6 Å². The first kappa shape index (κ1) is 23.2. The highest BCUT2D eigenvalue weighted by Crippen LogP contribution is 2.29. The van der Waals surface area contributed by atoms with E-state index in [4.69, 9.17) is 19.6 Å². The van der Waals surface area contributed by atoms with Crippen LogP contribution in [0.5, 0.6) is 17.2 Å². The van der Waals surface area contributed by atoms with Crippen LogP contribution in [0, 0.1) is 0 Å². The van der Waals surface area contributed by atoms with Crippen LogP contribution in [-0.4, -0.2) is 67.0 Å². The fourth-order valence-corrected chi connectivity index (χ4v) is 3.43. The summed E-state index contributed by atoms with van der Waals surface area (Å²) in [6.07, 6.45) is 6.31. The van der Waals surface area contributed by atoms with Gasteiger partial charge in [-0.1, -0.05) is 0 Å². The number of likely N-dealkylation sites (tertiary alicyclic amines) is 1. The Morgan fingerprint density at radius 3 is 2.68 bits per heavy atom. The van der Waals surface area contributed by atoms with Gasteiger partial charge in [0.15, 0.2) is 0 Å². The summed E-state index contributed by atoms with van der Waals surface area (Å²) in [6, 6.07) is 8.21. The number of amidine groups is 1. The quantitative estimate of drug-likeness (QED) is 0.382. The molecule has 0 unspecified atom stereocenters. The molecule has 4 rings (SSSR count). The smallest absolute Gasteiger partial charge is 0.339 e. The van der Waals surface area contributed by atoms with Gasteiger partial charge in [0.2, 0.25) is 0 Å². The number of rotatable bonds is 8. The predicted octanol–water partition coefficient (Wildman–Crippen LogP) is 0.508. The average molecular weight is 467 g/mol. The number of nitrogens with one attached hydrogen (secondary N) is 2. The third-order valence-corrected chi connectivity index (χ3v) is 5.35. The number of benzene rings is 1. The third kappa shape index (κ3) is 5.90. The largest absolute Gasteiger partial charge is 0.488 e. The molecule has 2 amide bonds. The van der Waals surface area contributed by atoms with Crippen LogP contribution in [0.4, 0.5) is 0 Å². The highest BCUT2D eigenvalue weighted by Gasteiger charge is 2.23. The second-order valence-electron chi connectivity index (χ2n) is 7.95. The minimum Gasteiger partial charge on any atom is -0.488 e. The molecule has 0 spiro atoms. The molecule has 2 aliphatic heterocycles. The van der Waals surface area contributed by atoms with Crippen molar-refractivity contribution in [3.63, 3.8) is 0 Å². The lowest BCUT2D eigenvalue weighted by Crippen LogP contribution is -2.49. The van der Waals surface area contributed by atoms with Gasteiger partial charge in [0, 0.05) is 44.9 Å². The number of carbonyl (C=O) groups excluding carboxylic acids is 2. The molecule has 10 nitrogen and oxygen atoms in total. The molecular formula is C24H28N5O5+. The Kier molecular flexibility index (Phi) is 7.38. The summed E-state index contributed by atoms with van der Waals surface area (Å²) in [5.74, 6) is 0.964. The van der Waals surface area contributed by atoms with Crippen molar-refractivity contribution in [3.8, 4) is 17.2 Å².